The van der Waals surface area contributed by atoms with Gasteiger partial charge < -0.3 is 0 Å². The van der Waals surface area contributed by atoms with E-state index in [0.29, 0.717) is 11.0 Å². The van der Waals surface area contributed by atoms with Gasteiger partial charge in [-0.1, -0.05) is 28.1 Å². The standard InChI is InChI=1S/C11H12BrN3O2S/c1-15-11(5-6-13-15)18(16,17)14-10-4-2-3-9(7-10)8-12/h2-7,14H,8H2,1H3. The molecule has 0 aliphatic carbocycles. The highest BCUT2D eigenvalue weighted by molar-refractivity contribution is 9.08. The molecule has 2 rings (SSSR count). The zero-order valence-electron chi connectivity index (χ0n) is 9.67. The molecule has 5 nitrogen and oxygen atoms in total. The van der Waals surface area contributed by atoms with Crippen LogP contribution in [-0.2, 0) is 22.4 Å². The van der Waals surface area contributed by atoms with E-state index in [1.54, 1.807) is 25.2 Å². The van der Waals surface area contributed by atoms with Crippen molar-refractivity contribution >= 4 is 31.6 Å². The lowest BCUT2D eigenvalue weighted by atomic mass is 10.2. The summed E-state index contributed by atoms with van der Waals surface area (Å²) in [5.74, 6) is 0. The fourth-order valence-electron chi connectivity index (χ4n) is 1.55. The van der Waals surface area contributed by atoms with Crippen LogP contribution in [0.15, 0.2) is 41.6 Å². The van der Waals surface area contributed by atoms with Gasteiger partial charge in [0.1, 0.15) is 0 Å². The molecule has 2 aromatic rings. The van der Waals surface area contributed by atoms with Crippen molar-refractivity contribution < 1.29 is 8.42 Å². The highest BCUT2D eigenvalue weighted by atomic mass is 79.9. The Morgan fingerprint density at radius 1 is 1.39 bits per heavy atom. The molecule has 0 bridgehead atoms. The molecular formula is C11H12BrN3O2S. The van der Waals surface area contributed by atoms with E-state index in [4.69, 9.17) is 0 Å². The lowest BCUT2D eigenvalue weighted by molar-refractivity contribution is 0.582. The van der Waals surface area contributed by atoms with Gasteiger partial charge in [0, 0.05) is 18.1 Å². The fourth-order valence-corrected chi connectivity index (χ4v) is 3.08. The highest BCUT2D eigenvalue weighted by Crippen LogP contribution is 2.17. The van der Waals surface area contributed by atoms with Gasteiger partial charge in [0.05, 0.1) is 6.20 Å². The van der Waals surface area contributed by atoms with E-state index in [0.717, 1.165) is 5.56 Å². The summed E-state index contributed by atoms with van der Waals surface area (Å²) in [6.45, 7) is 0. The number of rotatable bonds is 4. The Bertz CT molecular complexity index is 652. The van der Waals surface area contributed by atoms with Crippen molar-refractivity contribution in [1.82, 2.24) is 9.78 Å². The van der Waals surface area contributed by atoms with Gasteiger partial charge in [0.2, 0.25) is 0 Å². The number of anilines is 1. The Labute approximate surface area is 114 Å². The molecule has 1 aromatic carbocycles. The van der Waals surface area contributed by atoms with Crippen LogP contribution >= 0.6 is 15.9 Å². The van der Waals surface area contributed by atoms with Crippen LogP contribution in [0.1, 0.15) is 5.56 Å². The zero-order chi connectivity index (χ0) is 13.2. The molecule has 1 aromatic heterocycles. The molecular weight excluding hydrogens is 318 g/mol. The summed E-state index contributed by atoms with van der Waals surface area (Å²) in [7, 11) is -2.00. The van der Waals surface area contributed by atoms with Gasteiger partial charge in [-0.3, -0.25) is 9.40 Å². The molecule has 0 unspecified atom stereocenters. The second-order valence-corrected chi connectivity index (χ2v) is 5.92. The summed E-state index contributed by atoms with van der Waals surface area (Å²) in [6.07, 6.45) is 1.45. The third-order valence-corrected chi connectivity index (χ3v) is 4.49. The summed E-state index contributed by atoms with van der Waals surface area (Å²) in [5.41, 5.74) is 1.54. The molecule has 1 N–H and O–H groups in total. The molecule has 0 saturated carbocycles. The van der Waals surface area contributed by atoms with Crippen molar-refractivity contribution in [3.63, 3.8) is 0 Å². The SMILES string of the molecule is Cn1nccc1S(=O)(=O)Nc1cccc(CBr)c1. The maximum absolute atomic E-state index is 12.1. The predicted molar refractivity (Wildman–Crippen MR) is 73.1 cm³/mol. The van der Waals surface area contributed by atoms with Crippen LogP contribution in [0.25, 0.3) is 0 Å². The number of hydrogen-bond acceptors (Lipinski definition) is 3. The van der Waals surface area contributed by atoms with Gasteiger partial charge in [-0.05, 0) is 23.8 Å². The first kappa shape index (κ1) is 13.1. The topological polar surface area (TPSA) is 64.0 Å². The molecule has 96 valence electrons. The van der Waals surface area contributed by atoms with Crippen molar-refractivity contribution in [3.8, 4) is 0 Å². The first-order chi connectivity index (χ1) is 8.53. The van der Waals surface area contributed by atoms with Gasteiger partial charge >= 0.3 is 0 Å². The molecule has 0 spiro atoms. The van der Waals surface area contributed by atoms with E-state index in [-0.39, 0.29) is 5.03 Å². The fraction of sp³-hybridized carbons (Fsp3) is 0.182. The van der Waals surface area contributed by atoms with Crippen molar-refractivity contribution in [1.29, 1.82) is 0 Å². The average Bonchev–Trinajstić information content (AvgIpc) is 2.76. The molecule has 0 fully saturated rings. The molecule has 0 radical (unpaired) electrons. The number of aryl methyl sites for hydroxylation is 1. The van der Waals surface area contributed by atoms with E-state index in [1.807, 2.05) is 6.07 Å². The number of alkyl halides is 1. The molecule has 0 saturated heterocycles. The van der Waals surface area contributed by atoms with Crippen LogP contribution in [0.3, 0.4) is 0 Å². The van der Waals surface area contributed by atoms with Crippen LogP contribution in [-0.4, -0.2) is 18.2 Å². The average molecular weight is 330 g/mol. The highest BCUT2D eigenvalue weighted by Gasteiger charge is 2.17. The van der Waals surface area contributed by atoms with Gasteiger partial charge in [-0.25, -0.2) is 0 Å². The smallest absolute Gasteiger partial charge is 0.278 e. The van der Waals surface area contributed by atoms with Crippen LogP contribution in [0.5, 0.6) is 0 Å². The molecule has 18 heavy (non-hydrogen) atoms. The maximum Gasteiger partial charge on any atom is 0.279 e. The monoisotopic (exact) mass is 329 g/mol. The van der Waals surface area contributed by atoms with Gasteiger partial charge in [-0.15, -0.1) is 0 Å². The second-order valence-electron chi connectivity index (χ2n) is 3.73. The largest absolute Gasteiger partial charge is 0.279 e. The molecule has 0 aliphatic rings. The first-order valence-electron chi connectivity index (χ1n) is 5.18. The Balaban J connectivity index is 2.31. The predicted octanol–water partition coefficient (Wildman–Crippen LogP) is 2.12. The Kier molecular flexibility index (Phi) is 3.72. The van der Waals surface area contributed by atoms with Crippen LogP contribution < -0.4 is 4.72 Å². The van der Waals surface area contributed by atoms with Crippen molar-refractivity contribution in [2.24, 2.45) is 7.05 Å². The number of hydrogen-bond donors (Lipinski definition) is 1. The molecule has 0 aliphatic heterocycles. The quantitative estimate of drug-likeness (QED) is 0.874. The lowest BCUT2D eigenvalue weighted by Crippen LogP contribution is -2.16. The van der Waals surface area contributed by atoms with Gasteiger partial charge in [0.25, 0.3) is 10.0 Å². The van der Waals surface area contributed by atoms with E-state index < -0.39 is 10.0 Å². The molecule has 0 amide bonds. The lowest BCUT2D eigenvalue weighted by Gasteiger charge is -2.08. The summed E-state index contributed by atoms with van der Waals surface area (Å²) < 4.78 is 28.0. The summed E-state index contributed by atoms with van der Waals surface area (Å²) in [5, 5.41) is 4.65. The van der Waals surface area contributed by atoms with E-state index in [1.165, 1.54) is 16.9 Å². The molecule has 7 heteroatoms. The van der Waals surface area contributed by atoms with E-state index in [9.17, 15) is 8.42 Å². The normalized spacial score (nSPS) is 11.4. The van der Waals surface area contributed by atoms with Crippen molar-refractivity contribution in [2.45, 2.75) is 10.4 Å². The number of aromatic nitrogens is 2. The van der Waals surface area contributed by atoms with Gasteiger partial charge in [-0.2, -0.15) is 13.5 Å². The summed E-state index contributed by atoms with van der Waals surface area (Å²) in [4.78, 5) is 0. The molecule has 1 heterocycles. The van der Waals surface area contributed by atoms with E-state index in [2.05, 4.69) is 25.8 Å². The van der Waals surface area contributed by atoms with Crippen LogP contribution in [0.2, 0.25) is 0 Å². The van der Waals surface area contributed by atoms with Crippen molar-refractivity contribution in [3.05, 3.63) is 42.1 Å². The van der Waals surface area contributed by atoms with Gasteiger partial charge in [0.15, 0.2) is 5.03 Å². The van der Waals surface area contributed by atoms with E-state index >= 15 is 0 Å². The third kappa shape index (κ3) is 2.73. The Hall–Kier alpha value is -1.34. The number of nitrogens with zero attached hydrogens (tertiary/aromatic N) is 2. The minimum Gasteiger partial charge on any atom is -0.278 e. The maximum atomic E-state index is 12.1. The van der Waals surface area contributed by atoms with Crippen LogP contribution in [0.4, 0.5) is 5.69 Å². The van der Waals surface area contributed by atoms with Crippen molar-refractivity contribution in [2.75, 3.05) is 4.72 Å². The number of benzene rings is 1. The number of halogens is 1. The summed E-state index contributed by atoms with van der Waals surface area (Å²) >= 11 is 3.33. The number of sulfonamides is 1. The minimum atomic E-state index is -3.59. The third-order valence-electron chi connectivity index (χ3n) is 2.38. The van der Waals surface area contributed by atoms with Crippen LogP contribution in [0, 0.1) is 0 Å². The number of nitrogens with one attached hydrogen (secondary N) is 1. The zero-order valence-corrected chi connectivity index (χ0v) is 12.1. The molecule has 0 atom stereocenters. The Morgan fingerprint density at radius 2 is 2.17 bits per heavy atom. The summed E-state index contributed by atoms with van der Waals surface area (Å²) in [6, 6.07) is 8.66. The first-order valence-corrected chi connectivity index (χ1v) is 7.79. The second kappa shape index (κ2) is 5.11. The minimum absolute atomic E-state index is 0.131. The Morgan fingerprint density at radius 3 is 2.78 bits per heavy atom.